The van der Waals surface area contributed by atoms with Crippen molar-refractivity contribution in [3.63, 3.8) is 0 Å². The number of unbranched alkanes of at least 4 members (excludes halogenated alkanes) is 13. The molecule has 0 heterocycles. The molecule has 0 fully saturated rings. The number of carbonyl (C=O) groups is 1. The van der Waals surface area contributed by atoms with Crippen LogP contribution in [0.2, 0.25) is 0 Å². The number of phosphoric acid groups is 1. The molecule has 302 valence electrons. The van der Waals surface area contributed by atoms with E-state index in [9.17, 15) is 14.3 Å². The maximum atomic E-state index is 12.6. The number of allylic oxidation sites excluding steroid dienone is 10. The van der Waals surface area contributed by atoms with Crippen molar-refractivity contribution in [2.75, 3.05) is 54.1 Å². The van der Waals surface area contributed by atoms with Crippen LogP contribution in [0.15, 0.2) is 60.8 Å². The highest BCUT2D eigenvalue weighted by molar-refractivity contribution is 7.45. The number of carbonyl (C=O) groups excluding carboxylic acids is 1. The molecule has 0 spiro atoms. The summed E-state index contributed by atoms with van der Waals surface area (Å²) in [6.45, 7) is 5.23. The lowest BCUT2D eigenvalue weighted by Crippen LogP contribution is -2.37. The van der Waals surface area contributed by atoms with Gasteiger partial charge in [-0.05, 0) is 57.8 Å². The summed E-state index contributed by atoms with van der Waals surface area (Å²) in [5.74, 6) is -0.350. The normalized spacial score (nSPS) is 14.5. The third-order valence-electron chi connectivity index (χ3n) is 8.33. The first-order chi connectivity index (χ1) is 25.1. The Morgan fingerprint density at radius 3 is 1.67 bits per heavy atom. The van der Waals surface area contributed by atoms with Gasteiger partial charge in [0, 0.05) is 13.0 Å². The zero-order chi connectivity index (χ0) is 38.4. The summed E-state index contributed by atoms with van der Waals surface area (Å²) in [5.41, 5.74) is 0. The number of ether oxygens (including phenoxy) is 2. The molecule has 52 heavy (non-hydrogen) atoms. The molecule has 0 amide bonds. The molecule has 0 aliphatic carbocycles. The van der Waals surface area contributed by atoms with Crippen molar-refractivity contribution >= 4 is 13.8 Å². The van der Waals surface area contributed by atoms with Crippen LogP contribution < -0.4 is 4.89 Å². The molecule has 0 bridgehead atoms. The minimum Gasteiger partial charge on any atom is -0.756 e. The predicted octanol–water partition coefficient (Wildman–Crippen LogP) is 11.1. The first-order valence-corrected chi connectivity index (χ1v) is 22.0. The van der Waals surface area contributed by atoms with E-state index in [-0.39, 0.29) is 25.8 Å². The third kappa shape index (κ3) is 39.4. The van der Waals surface area contributed by atoms with Gasteiger partial charge in [0.1, 0.15) is 19.3 Å². The van der Waals surface area contributed by atoms with Crippen molar-refractivity contribution in [3.8, 4) is 0 Å². The fourth-order valence-corrected chi connectivity index (χ4v) is 5.89. The van der Waals surface area contributed by atoms with Crippen LogP contribution in [0.3, 0.4) is 0 Å². The third-order valence-corrected chi connectivity index (χ3v) is 9.30. The van der Waals surface area contributed by atoms with Gasteiger partial charge in [-0.1, -0.05) is 145 Å². The smallest absolute Gasteiger partial charge is 0.306 e. The van der Waals surface area contributed by atoms with Crippen LogP contribution in [0, 0.1) is 0 Å². The summed E-state index contributed by atoms with van der Waals surface area (Å²) in [6.07, 6.45) is 43.8. The van der Waals surface area contributed by atoms with E-state index in [2.05, 4.69) is 74.6 Å². The molecule has 0 rings (SSSR count). The second kappa shape index (κ2) is 36.2. The number of quaternary nitrogens is 1. The summed E-state index contributed by atoms with van der Waals surface area (Å²) < 4.78 is 34.3. The maximum absolute atomic E-state index is 12.6. The fraction of sp³-hybridized carbons (Fsp3) is 0.744. The van der Waals surface area contributed by atoms with E-state index >= 15 is 0 Å². The van der Waals surface area contributed by atoms with Gasteiger partial charge in [0.15, 0.2) is 0 Å². The standard InChI is InChI=1S/C43H78NO7P/c1-6-8-10-12-14-15-16-17-18-19-20-21-22-23-24-25-26-27-28-29-30-32-34-36-43(45)51-42(40-48-38-35-33-31-13-11-9-7-2)41-50-52(46,47)49-39-37-44(3,4)5/h8,10,14-15,17-18,20-21,23-24,42H,6-7,9,11-13,16,19,22,25-41H2,1-5H3/b10-8-,15-14-,18-17-,21-20-,24-23-. The molecule has 0 saturated heterocycles. The van der Waals surface area contributed by atoms with E-state index in [1.807, 2.05) is 21.1 Å². The van der Waals surface area contributed by atoms with Crippen molar-refractivity contribution < 1.29 is 37.3 Å². The summed E-state index contributed by atoms with van der Waals surface area (Å²) in [5, 5.41) is 0. The van der Waals surface area contributed by atoms with Gasteiger partial charge < -0.3 is 27.9 Å². The molecule has 0 aliphatic rings. The Labute approximate surface area is 320 Å². The molecule has 0 N–H and O–H groups in total. The predicted molar refractivity (Wildman–Crippen MR) is 217 cm³/mol. The van der Waals surface area contributed by atoms with E-state index in [0.717, 1.165) is 77.0 Å². The van der Waals surface area contributed by atoms with Crippen molar-refractivity contribution in [1.82, 2.24) is 0 Å². The summed E-state index contributed by atoms with van der Waals surface area (Å²) in [6, 6.07) is 0. The summed E-state index contributed by atoms with van der Waals surface area (Å²) >= 11 is 0. The molecular weight excluding hydrogens is 673 g/mol. The minimum absolute atomic E-state index is 0.0216. The Hall–Kier alpha value is -1.80. The number of hydrogen-bond donors (Lipinski definition) is 0. The van der Waals surface area contributed by atoms with E-state index in [1.165, 1.54) is 51.4 Å². The number of rotatable bonds is 37. The van der Waals surface area contributed by atoms with Crippen LogP contribution in [0.1, 0.15) is 149 Å². The Morgan fingerprint density at radius 1 is 0.615 bits per heavy atom. The fourth-order valence-electron chi connectivity index (χ4n) is 5.16. The lowest BCUT2D eigenvalue weighted by Gasteiger charge is -2.28. The van der Waals surface area contributed by atoms with Gasteiger partial charge >= 0.3 is 5.97 Å². The highest BCUT2D eigenvalue weighted by Crippen LogP contribution is 2.38. The average Bonchev–Trinajstić information content (AvgIpc) is 3.09. The number of hydrogen-bond acceptors (Lipinski definition) is 7. The molecule has 0 saturated carbocycles. The molecule has 2 atom stereocenters. The van der Waals surface area contributed by atoms with Gasteiger partial charge in [0.25, 0.3) is 7.82 Å². The van der Waals surface area contributed by atoms with Crippen molar-refractivity contribution in [2.24, 2.45) is 0 Å². The van der Waals surface area contributed by atoms with Crippen LogP contribution in [-0.4, -0.2) is 70.7 Å². The molecular formula is C43H78NO7P. The molecule has 0 aromatic rings. The van der Waals surface area contributed by atoms with Crippen LogP contribution in [0.5, 0.6) is 0 Å². The van der Waals surface area contributed by atoms with Crippen LogP contribution in [-0.2, 0) is 27.9 Å². The van der Waals surface area contributed by atoms with Crippen molar-refractivity contribution in [3.05, 3.63) is 60.8 Å². The quantitative estimate of drug-likeness (QED) is 0.0205. The van der Waals surface area contributed by atoms with Crippen LogP contribution in [0.4, 0.5) is 0 Å². The number of likely N-dealkylation sites (N-methyl/N-ethyl adjacent to an activating group) is 1. The number of esters is 1. The molecule has 9 heteroatoms. The van der Waals surface area contributed by atoms with Gasteiger partial charge in [-0.2, -0.15) is 0 Å². The van der Waals surface area contributed by atoms with E-state index < -0.39 is 13.9 Å². The largest absolute Gasteiger partial charge is 0.756 e. The van der Waals surface area contributed by atoms with Crippen molar-refractivity contribution in [1.29, 1.82) is 0 Å². The Balaban J connectivity index is 4.15. The zero-order valence-corrected chi connectivity index (χ0v) is 34.9. The monoisotopic (exact) mass is 752 g/mol. The molecule has 2 unspecified atom stereocenters. The molecule has 0 radical (unpaired) electrons. The lowest BCUT2D eigenvalue weighted by molar-refractivity contribution is -0.870. The second-order valence-corrected chi connectivity index (χ2v) is 16.0. The second-order valence-electron chi connectivity index (χ2n) is 14.6. The van der Waals surface area contributed by atoms with Gasteiger partial charge in [-0.25, -0.2) is 0 Å². The minimum atomic E-state index is -4.52. The number of nitrogens with zero attached hydrogens (tertiary/aromatic N) is 1. The van der Waals surface area contributed by atoms with Crippen molar-refractivity contribution in [2.45, 2.75) is 155 Å². The topological polar surface area (TPSA) is 94.1 Å². The van der Waals surface area contributed by atoms with E-state index in [4.69, 9.17) is 18.5 Å². The molecule has 0 aliphatic heterocycles. The first kappa shape index (κ1) is 50.2. The van der Waals surface area contributed by atoms with Crippen LogP contribution >= 0.6 is 7.82 Å². The van der Waals surface area contributed by atoms with Gasteiger partial charge in [-0.15, -0.1) is 0 Å². The zero-order valence-electron chi connectivity index (χ0n) is 34.0. The van der Waals surface area contributed by atoms with Gasteiger partial charge in [-0.3, -0.25) is 9.36 Å². The Bertz CT molecular complexity index is 1020. The number of phosphoric ester groups is 1. The average molecular weight is 752 g/mol. The van der Waals surface area contributed by atoms with E-state index in [1.54, 1.807) is 0 Å². The Morgan fingerprint density at radius 2 is 1.12 bits per heavy atom. The highest BCUT2D eigenvalue weighted by atomic mass is 31.2. The summed E-state index contributed by atoms with van der Waals surface area (Å²) in [7, 11) is 1.34. The highest BCUT2D eigenvalue weighted by Gasteiger charge is 2.20. The maximum Gasteiger partial charge on any atom is 0.306 e. The molecule has 8 nitrogen and oxygen atoms in total. The first-order valence-electron chi connectivity index (χ1n) is 20.5. The lowest BCUT2D eigenvalue weighted by atomic mass is 10.1. The summed E-state index contributed by atoms with van der Waals surface area (Å²) in [4.78, 5) is 24.9. The molecule has 0 aromatic carbocycles. The molecule has 0 aromatic heterocycles. The van der Waals surface area contributed by atoms with E-state index in [0.29, 0.717) is 24.1 Å². The van der Waals surface area contributed by atoms with Gasteiger partial charge in [0.2, 0.25) is 0 Å². The Kier molecular flexibility index (Phi) is 34.9. The van der Waals surface area contributed by atoms with Crippen LogP contribution in [0.25, 0.3) is 0 Å². The SMILES string of the molecule is CC/C=C\C/C=C\C/C=C\C/C=C\C/C=C\CCCCCCCCCC(=O)OC(COCCCCCCCCC)COP(=O)([O-])OCC[N+](C)(C)C. The van der Waals surface area contributed by atoms with Gasteiger partial charge in [0.05, 0.1) is 34.4 Å².